The minimum atomic E-state index is -0.575. The first-order valence-corrected chi connectivity index (χ1v) is 6.14. The van der Waals surface area contributed by atoms with Crippen molar-refractivity contribution in [3.8, 4) is 0 Å². The van der Waals surface area contributed by atoms with Crippen molar-refractivity contribution >= 4 is 34.8 Å². The van der Waals surface area contributed by atoms with Gasteiger partial charge in [-0.1, -0.05) is 30.1 Å². The molecule has 0 heterocycles. The van der Waals surface area contributed by atoms with Gasteiger partial charge in [0.15, 0.2) is 0 Å². The average Bonchev–Trinajstić information content (AvgIpc) is 2.26. The molecule has 3 N–H and O–H groups in total. The standard InChI is InChI=1S/C12H16Cl2N2O/c1-3-12(2,7-15)11(17)16-10-5-8(13)4-9(14)6-10/h4-6H,3,7,15H2,1-2H3,(H,16,17). The maximum atomic E-state index is 12.0. The number of nitrogens with one attached hydrogen (secondary N) is 1. The quantitative estimate of drug-likeness (QED) is 0.885. The molecule has 0 aliphatic carbocycles. The second-order valence-corrected chi connectivity index (χ2v) is 5.10. The fraction of sp³-hybridized carbons (Fsp3) is 0.417. The molecule has 17 heavy (non-hydrogen) atoms. The molecule has 0 aliphatic heterocycles. The topological polar surface area (TPSA) is 55.1 Å². The Hall–Kier alpha value is -0.770. The smallest absolute Gasteiger partial charge is 0.231 e. The molecular weight excluding hydrogens is 259 g/mol. The van der Waals surface area contributed by atoms with E-state index in [9.17, 15) is 4.79 Å². The SMILES string of the molecule is CCC(C)(CN)C(=O)Nc1cc(Cl)cc(Cl)c1. The molecule has 1 atom stereocenters. The van der Waals surface area contributed by atoms with Crippen LogP contribution in [0, 0.1) is 5.41 Å². The van der Waals surface area contributed by atoms with Crippen molar-refractivity contribution in [2.75, 3.05) is 11.9 Å². The summed E-state index contributed by atoms with van der Waals surface area (Å²) < 4.78 is 0. The number of amides is 1. The van der Waals surface area contributed by atoms with Gasteiger partial charge in [0.2, 0.25) is 5.91 Å². The minimum Gasteiger partial charge on any atom is -0.329 e. The monoisotopic (exact) mass is 274 g/mol. The number of carbonyl (C=O) groups excluding carboxylic acids is 1. The summed E-state index contributed by atoms with van der Waals surface area (Å²) in [6.45, 7) is 4.05. The Kier molecular flexibility index (Phi) is 4.80. The Morgan fingerprint density at radius 3 is 2.29 bits per heavy atom. The molecule has 3 nitrogen and oxygen atoms in total. The molecule has 0 saturated carbocycles. The van der Waals surface area contributed by atoms with Crippen LogP contribution >= 0.6 is 23.2 Å². The van der Waals surface area contributed by atoms with Gasteiger partial charge in [-0.2, -0.15) is 0 Å². The third-order valence-electron chi connectivity index (χ3n) is 2.90. The van der Waals surface area contributed by atoms with Crippen LogP contribution in [0.2, 0.25) is 10.0 Å². The van der Waals surface area contributed by atoms with Crippen molar-refractivity contribution < 1.29 is 4.79 Å². The molecule has 1 aromatic rings. The van der Waals surface area contributed by atoms with E-state index in [1.807, 2.05) is 13.8 Å². The number of hydrogen-bond donors (Lipinski definition) is 2. The Labute approximate surface area is 111 Å². The fourth-order valence-electron chi connectivity index (χ4n) is 1.31. The van der Waals surface area contributed by atoms with Crippen molar-refractivity contribution in [3.63, 3.8) is 0 Å². The lowest BCUT2D eigenvalue weighted by Gasteiger charge is -2.25. The van der Waals surface area contributed by atoms with Crippen molar-refractivity contribution in [1.29, 1.82) is 0 Å². The lowest BCUT2D eigenvalue weighted by Crippen LogP contribution is -2.39. The van der Waals surface area contributed by atoms with Gasteiger partial charge in [0.25, 0.3) is 0 Å². The largest absolute Gasteiger partial charge is 0.329 e. The summed E-state index contributed by atoms with van der Waals surface area (Å²) in [5, 5.41) is 3.75. The zero-order chi connectivity index (χ0) is 13.1. The van der Waals surface area contributed by atoms with Gasteiger partial charge in [-0.3, -0.25) is 4.79 Å². The van der Waals surface area contributed by atoms with Gasteiger partial charge >= 0.3 is 0 Å². The van der Waals surface area contributed by atoms with Gasteiger partial charge in [-0.15, -0.1) is 0 Å². The van der Waals surface area contributed by atoms with Crippen LogP contribution in [0.1, 0.15) is 20.3 Å². The summed E-state index contributed by atoms with van der Waals surface area (Å²) in [7, 11) is 0. The lowest BCUT2D eigenvalue weighted by atomic mass is 9.86. The number of anilines is 1. The maximum absolute atomic E-state index is 12.0. The number of halogens is 2. The highest BCUT2D eigenvalue weighted by atomic mass is 35.5. The molecule has 1 aromatic carbocycles. The van der Waals surface area contributed by atoms with Gasteiger partial charge in [-0.05, 0) is 31.5 Å². The van der Waals surface area contributed by atoms with E-state index in [-0.39, 0.29) is 5.91 Å². The van der Waals surface area contributed by atoms with E-state index in [1.54, 1.807) is 18.2 Å². The van der Waals surface area contributed by atoms with Crippen LogP contribution in [0.4, 0.5) is 5.69 Å². The first-order chi connectivity index (χ1) is 7.91. The Morgan fingerprint density at radius 1 is 1.35 bits per heavy atom. The van der Waals surface area contributed by atoms with E-state index in [0.29, 0.717) is 28.7 Å². The molecule has 0 aromatic heterocycles. The number of rotatable bonds is 4. The summed E-state index contributed by atoms with van der Waals surface area (Å²) in [6.07, 6.45) is 0.670. The van der Waals surface area contributed by atoms with E-state index in [0.717, 1.165) is 0 Å². The van der Waals surface area contributed by atoms with Gasteiger partial charge in [-0.25, -0.2) is 0 Å². The highest BCUT2D eigenvalue weighted by Crippen LogP contribution is 2.26. The zero-order valence-corrected chi connectivity index (χ0v) is 11.4. The third kappa shape index (κ3) is 3.60. The third-order valence-corrected chi connectivity index (χ3v) is 3.34. The first-order valence-electron chi connectivity index (χ1n) is 5.39. The van der Waals surface area contributed by atoms with E-state index < -0.39 is 5.41 Å². The molecule has 0 fully saturated rings. The second-order valence-electron chi connectivity index (χ2n) is 4.23. The van der Waals surface area contributed by atoms with Crippen molar-refractivity contribution in [1.82, 2.24) is 0 Å². The summed E-state index contributed by atoms with van der Waals surface area (Å²) >= 11 is 11.7. The van der Waals surface area contributed by atoms with Crippen LogP contribution in [0.3, 0.4) is 0 Å². The molecule has 1 rings (SSSR count). The van der Waals surface area contributed by atoms with Crippen molar-refractivity contribution in [3.05, 3.63) is 28.2 Å². The van der Waals surface area contributed by atoms with E-state index >= 15 is 0 Å². The predicted octanol–water partition coefficient (Wildman–Crippen LogP) is 3.31. The fourth-order valence-corrected chi connectivity index (χ4v) is 1.83. The number of carbonyl (C=O) groups is 1. The molecular formula is C12H16Cl2N2O. The van der Waals surface area contributed by atoms with E-state index in [4.69, 9.17) is 28.9 Å². The van der Waals surface area contributed by atoms with Crippen LogP contribution in [0.5, 0.6) is 0 Å². The average molecular weight is 275 g/mol. The normalized spacial score (nSPS) is 14.2. The number of benzene rings is 1. The van der Waals surface area contributed by atoms with Crippen LogP contribution in [-0.4, -0.2) is 12.5 Å². The van der Waals surface area contributed by atoms with Crippen LogP contribution in [-0.2, 0) is 4.79 Å². The summed E-state index contributed by atoms with van der Waals surface area (Å²) in [5.41, 5.74) is 5.63. The summed E-state index contributed by atoms with van der Waals surface area (Å²) in [4.78, 5) is 12.0. The molecule has 0 spiro atoms. The summed E-state index contributed by atoms with van der Waals surface area (Å²) in [6, 6.07) is 4.91. The molecule has 0 aliphatic rings. The minimum absolute atomic E-state index is 0.124. The highest BCUT2D eigenvalue weighted by Gasteiger charge is 2.29. The molecule has 1 unspecified atom stereocenters. The Morgan fingerprint density at radius 2 is 1.88 bits per heavy atom. The summed E-state index contributed by atoms with van der Waals surface area (Å²) in [5.74, 6) is -0.124. The molecule has 5 heteroatoms. The van der Waals surface area contributed by atoms with Gasteiger partial charge in [0.05, 0.1) is 5.41 Å². The molecule has 1 amide bonds. The zero-order valence-electron chi connectivity index (χ0n) is 9.89. The highest BCUT2D eigenvalue weighted by molar-refractivity contribution is 6.35. The van der Waals surface area contributed by atoms with Gasteiger partial charge in [0, 0.05) is 22.3 Å². The molecule has 0 saturated heterocycles. The van der Waals surface area contributed by atoms with Crippen molar-refractivity contribution in [2.45, 2.75) is 20.3 Å². The van der Waals surface area contributed by atoms with Gasteiger partial charge < -0.3 is 11.1 Å². The van der Waals surface area contributed by atoms with Gasteiger partial charge in [0.1, 0.15) is 0 Å². The Balaban J connectivity index is 2.87. The van der Waals surface area contributed by atoms with Crippen LogP contribution in [0.15, 0.2) is 18.2 Å². The molecule has 0 radical (unpaired) electrons. The van der Waals surface area contributed by atoms with E-state index in [1.165, 1.54) is 0 Å². The van der Waals surface area contributed by atoms with E-state index in [2.05, 4.69) is 5.32 Å². The molecule has 94 valence electrons. The van der Waals surface area contributed by atoms with Crippen LogP contribution in [0.25, 0.3) is 0 Å². The van der Waals surface area contributed by atoms with Crippen molar-refractivity contribution in [2.24, 2.45) is 11.1 Å². The predicted molar refractivity (Wildman–Crippen MR) is 72.5 cm³/mol. The van der Waals surface area contributed by atoms with Crippen LogP contribution < -0.4 is 11.1 Å². The first kappa shape index (κ1) is 14.3. The Bertz CT molecular complexity index is 397. The lowest BCUT2D eigenvalue weighted by molar-refractivity contribution is -0.124. The maximum Gasteiger partial charge on any atom is 0.231 e. The second kappa shape index (κ2) is 5.71. The number of nitrogens with two attached hydrogens (primary N) is 1. The molecule has 0 bridgehead atoms. The number of hydrogen-bond acceptors (Lipinski definition) is 2.